The maximum absolute atomic E-state index is 12.7. The van der Waals surface area contributed by atoms with Crippen molar-refractivity contribution in [3.63, 3.8) is 0 Å². The number of carboxylic acids is 1. The van der Waals surface area contributed by atoms with Crippen LogP contribution in [-0.4, -0.2) is 72.2 Å². The third kappa shape index (κ3) is 5.52. The number of carboxylic acid groups (broad SMARTS) is 1. The lowest BCUT2D eigenvalue weighted by atomic mass is 9.91. The Morgan fingerprint density at radius 1 is 1.26 bits per heavy atom. The number of alkyl halides is 3. The normalized spacial score (nSPS) is 26.4. The Labute approximate surface area is 176 Å². The van der Waals surface area contributed by atoms with Gasteiger partial charge in [-0.3, -0.25) is 9.78 Å². The summed E-state index contributed by atoms with van der Waals surface area (Å²) in [7, 11) is -3.59. The summed E-state index contributed by atoms with van der Waals surface area (Å²) < 4.78 is 64.5. The van der Waals surface area contributed by atoms with Gasteiger partial charge in [-0.05, 0) is 37.8 Å². The fraction of sp³-hybridized carbons (Fsp3) is 0.611. The lowest BCUT2D eigenvalue weighted by Crippen LogP contribution is -2.49. The number of carbonyl (C=O) groups is 2. The van der Waals surface area contributed by atoms with Gasteiger partial charge in [0.05, 0.1) is 18.1 Å². The second-order valence-corrected chi connectivity index (χ2v) is 9.53. The van der Waals surface area contributed by atoms with Crippen LogP contribution in [0, 0.1) is 5.92 Å². The molecule has 1 saturated carbocycles. The molecule has 4 rings (SSSR count). The number of rotatable bonds is 4. The number of fused-ring (bicyclic) bond motifs is 2. The van der Waals surface area contributed by atoms with Gasteiger partial charge in [0.15, 0.2) is 0 Å². The molecule has 3 heterocycles. The van der Waals surface area contributed by atoms with Crippen molar-refractivity contribution < 1.29 is 41.0 Å². The molecule has 0 aromatic carbocycles. The van der Waals surface area contributed by atoms with Crippen LogP contribution < -0.4 is 5.32 Å². The maximum atomic E-state index is 12.7. The van der Waals surface area contributed by atoms with Crippen molar-refractivity contribution in [3.8, 4) is 0 Å². The van der Waals surface area contributed by atoms with Gasteiger partial charge in [0.2, 0.25) is 15.9 Å². The minimum Gasteiger partial charge on any atom is -0.475 e. The number of nitrogens with zero attached hydrogens (tertiary/aromatic N) is 2. The second kappa shape index (κ2) is 9.09. The summed E-state index contributed by atoms with van der Waals surface area (Å²) in [6, 6.07) is 3.44. The summed E-state index contributed by atoms with van der Waals surface area (Å²) in [5.41, 5.74) is 0. The van der Waals surface area contributed by atoms with Crippen LogP contribution in [0.1, 0.15) is 25.7 Å². The van der Waals surface area contributed by atoms with Gasteiger partial charge in [-0.15, -0.1) is 0 Å². The monoisotopic (exact) mass is 465 g/mol. The van der Waals surface area contributed by atoms with Crippen LogP contribution in [0.15, 0.2) is 29.4 Å². The molecule has 1 aromatic rings. The van der Waals surface area contributed by atoms with Gasteiger partial charge in [0, 0.05) is 31.5 Å². The average molecular weight is 465 g/mol. The van der Waals surface area contributed by atoms with Gasteiger partial charge < -0.3 is 15.2 Å². The van der Waals surface area contributed by atoms with Crippen molar-refractivity contribution in [1.82, 2.24) is 14.6 Å². The zero-order valence-electron chi connectivity index (χ0n) is 16.3. The van der Waals surface area contributed by atoms with E-state index in [-0.39, 0.29) is 41.5 Å². The third-order valence-corrected chi connectivity index (χ3v) is 7.24. The van der Waals surface area contributed by atoms with E-state index in [1.807, 2.05) is 0 Å². The molecule has 9 nitrogen and oxygen atoms in total. The lowest BCUT2D eigenvalue weighted by molar-refractivity contribution is -0.192. The highest BCUT2D eigenvalue weighted by molar-refractivity contribution is 7.89. The van der Waals surface area contributed by atoms with Gasteiger partial charge in [0.1, 0.15) is 4.90 Å². The predicted octanol–water partition coefficient (Wildman–Crippen LogP) is 1.16. The number of morpholine rings is 1. The molecule has 3 atom stereocenters. The van der Waals surface area contributed by atoms with Crippen molar-refractivity contribution in [1.29, 1.82) is 0 Å². The Bertz CT molecular complexity index is 908. The van der Waals surface area contributed by atoms with E-state index in [1.165, 1.54) is 10.5 Å². The van der Waals surface area contributed by atoms with Crippen LogP contribution in [0.4, 0.5) is 13.2 Å². The predicted molar refractivity (Wildman–Crippen MR) is 99.2 cm³/mol. The molecule has 2 N–H and O–H groups in total. The summed E-state index contributed by atoms with van der Waals surface area (Å²) in [6.45, 7) is 0.511. The van der Waals surface area contributed by atoms with Gasteiger partial charge >= 0.3 is 12.1 Å². The Morgan fingerprint density at radius 3 is 2.45 bits per heavy atom. The fourth-order valence-electron chi connectivity index (χ4n) is 3.60. The zero-order chi connectivity index (χ0) is 22.8. The summed E-state index contributed by atoms with van der Waals surface area (Å²) in [4.78, 5) is 25.4. The van der Waals surface area contributed by atoms with Gasteiger partial charge in [-0.2, -0.15) is 17.5 Å². The number of pyridine rings is 1. The minimum atomic E-state index is -5.08. The van der Waals surface area contributed by atoms with Gasteiger partial charge in [-0.1, -0.05) is 0 Å². The third-order valence-electron chi connectivity index (χ3n) is 5.43. The number of aromatic nitrogens is 1. The van der Waals surface area contributed by atoms with E-state index in [1.54, 1.807) is 18.3 Å². The summed E-state index contributed by atoms with van der Waals surface area (Å²) in [6.07, 6.45) is 1.06. The molecule has 31 heavy (non-hydrogen) atoms. The standard InChI is InChI=1S/C16H21N3O4S.C2HF3O2/c20-16(18-11-3-1-4-11)14-7-12-9-19(10-15(14)23-12)24(21,22)13-5-2-6-17-8-13;3-2(4,5)1(6)7/h2,5-6,8,11-12,14-15H,1,3-4,7,9-10H2,(H,18,20);(H,6,7). The van der Waals surface area contributed by atoms with E-state index in [2.05, 4.69) is 10.3 Å². The van der Waals surface area contributed by atoms with Crippen LogP contribution in [0.3, 0.4) is 0 Å². The average Bonchev–Trinajstić information content (AvgIpc) is 2.98. The van der Waals surface area contributed by atoms with Crippen molar-refractivity contribution in [2.45, 2.75) is 55.0 Å². The highest BCUT2D eigenvalue weighted by Crippen LogP contribution is 2.35. The second-order valence-electron chi connectivity index (χ2n) is 7.59. The molecule has 1 aromatic heterocycles. The molecular formula is C18H22F3N3O6S. The number of carbonyl (C=O) groups excluding carboxylic acids is 1. The molecule has 13 heteroatoms. The number of amides is 1. The van der Waals surface area contributed by atoms with Crippen molar-refractivity contribution in [2.75, 3.05) is 13.1 Å². The van der Waals surface area contributed by atoms with E-state index in [9.17, 15) is 26.4 Å². The molecule has 2 aliphatic heterocycles. The van der Waals surface area contributed by atoms with Crippen molar-refractivity contribution in [3.05, 3.63) is 24.5 Å². The summed E-state index contributed by atoms with van der Waals surface area (Å²) in [5, 5.41) is 10.2. The summed E-state index contributed by atoms with van der Waals surface area (Å²) >= 11 is 0. The Hall–Kier alpha value is -2.25. The van der Waals surface area contributed by atoms with E-state index in [4.69, 9.17) is 14.6 Å². The van der Waals surface area contributed by atoms with E-state index in [0.717, 1.165) is 19.3 Å². The number of aliphatic carboxylic acids is 1. The molecular weight excluding hydrogens is 443 g/mol. The number of halogens is 3. The van der Waals surface area contributed by atoms with Crippen molar-refractivity contribution in [2.24, 2.45) is 5.92 Å². The molecule has 0 radical (unpaired) electrons. The Kier molecular flexibility index (Phi) is 6.86. The summed E-state index contributed by atoms with van der Waals surface area (Å²) in [5.74, 6) is -3.01. The number of hydrogen-bond acceptors (Lipinski definition) is 6. The Morgan fingerprint density at radius 2 is 1.94 bits per heavy atom. The van der Waals surface area contributed by atoms with Crippen LogP contribution in [0.25, 0.3) is 0 Å². The molecule has 1 amide bonds. The van der Waals surface area contributed by atoms with Gasteiger partial charge in [-0.25, -0.2) is 13.2 Å². The van der Waals surface area contributed by atoms with E-state index >= 15 is 0 Å². The van der Waals surface area contributed by atoms with Gasteiger partial charge in [0.25, 0.3) is 0 Å². The molecule has 3 fully saturated rings. The van der Waals surface area contributed by atoms with Crippen molar-refractivity contribution >= 4 is 21.9 Å². The van der Waals surface area contributed by atoms with Crippen LogP contribution in [0.5, 0.6) is 0 Å². The van der Waals surface area contributed by atoms with E-state index in [0.29, 0.717) is 13.0 Å². The molecule has 1 aliphatic carbocycles. The highest BCUT2D eigenvalue weighted by Gasteiger charge is 2.48. The maximum Gasteiger partial charge on any atom is 0.490 e. The molecule has 2 saturated heterocycles. The highest BCUT2D eigenvalue weighted by atomic mass is 32.2. The smallest absolute Gasteiger partial charge is 0.475 e. The zero-order valence-corrected chi connectivity index (χ0v) is 17.1. The Balaban J connectivity index is 0.000000339. The topological polar surface area (TPSA) is 126 Å². The first-order chi connectivity index (χ1) is 14.5. The molecule has 3 aliphatic rings. The number of sulfonamides is 1. The van der Waals surface area contributed by atoms with E-state index < -0.39 is 22.2 Å². The SMILES string of the molecule is O=C(NC1CCC1)C1CC2CN(S(=O)(=O)c3cccnc3)CC1O2.O=C(O)C(F)(F)F. The minimum absolute atomic E-state index is 0.00725. The molecule has 2 bridgehead atoms. The van der Waals surface area contributed by atoms with Crippen LogP contribution >= 0.6 is 0 Å². The molecule has 3 unspecified atom stereocenters. The molecule has 172 valence electrons. The number of nitrogens with one attached hydrogen (secondary N) is 1. The first-order valence-electron chi connectivity index (χ1n) is 9.64. The largest absolute Gasteiger partial charge is 0.490 e. The number of ether oxygens (including phenoxy) is 1. The fourth-order valence-corrected chi connectivity index (χ4v) is 5.05. The van der Waals surface area contributed by atoms with Crippen LogP contribution in [-0.2, 0) is 24.3 Å². The number of hydrogen-bond donors (Lipinski definition) is 2. The quantitative estimate of drug-likeness (QED) is 0.684. The lowest BCUT2D eigenvalue weighted by Gasteiger charge is -2.32. The van der Waals surface area contributed by atoms with Crippen LogP contribution in [0.2, 0.25) is 0 Å². The first-order valence-corrected chi connectivity index (χ1v) is 11.1. The first kappa shape index (κ1) is 23.4. The molecule has 0 spiro atoms.